The van der Waals surface area contributed by atoms with Gasteiger partial charge < -0.3 is 18.9 Å². The molecule has 0 bridgehead atoms. The molecule has 1 saturated heterocycles. The number of hydrogen-bond acceptors (Lipinski definition) is 8. The Bertz CT molecular complexity index is 909. The number of esters is 1. The minimum atomic E-state index is -3.57. The standard InChI is InChI=1S/C23H34N3O7P/c1-17(2)32-22(29)14-26(5)34(30,20-9-7-6-8-10-20)31-15-19-13-18(3)23(33-19)25(4)12-11-21(28)24-16-27/h6-12,16-19,23H,13-15H2,1-5H3,(H,24,27,28)/b12-11-/t18?,19?,23?,34-/m1/s1. The van der Waals surface area contributed by atoms with Crippen molar-refractivity contribution in [1.82, 2.24) is 14.9 Å². The lowest BCUT2D eigenvalue weighted by atomic mass is 10.1. The molecule has 4 atom stereocenters. The third-order valence-corrected chi connectivity index (χ3v) is 7.70. The average molecular weight is 496 g/mol. The number of amides is 2. The molecule has 0 saturated carbocycles. The summed E-state index contributed by atoms with van der Waals surface area (Å²) in [7, 11) is -0.240. The lowest BCUT2D eigenvalue weighted by molar-refractivity contribution is -0.147. The molecular weight excluding hydrogens is 461 g/mol. The van der Waals surface area contributed by atoms with Crippen LogP contribution in [-0.2, 0) is 32.9 Å². The molecule has 2 rings (SSSR count). The van der Waals surface area contributed by atoms with E-state index in [0.717, 1.165) is 0 Å². The minimum Gasteiger partial charge on any atom is -0.462 e. The van der Waals surface area contributed by atoms with E-state index in [1.807, 2.05) is 18.3 Å². The van der Waals surface area contributed by atoms with E-state index >= 15 is 0 Å². The molecule has 0 aliphatic carbocycles. The molecule has 1 aromatic carbocycles. The Morgan fingerprint density at radius 1 is 1.26 bits per heavy atom. The fourth-order valence-corrected chi connectivity index (χ4v) is 5.61. The number of nitrogens with zero attached hydrogens (tertiary/aromatic N) is 2. The molecule has 3 unspecified atom stereocenters. The first-order valence-electron chi connectivity index (χ1n) is 11.1. The van der Waals surface area contributed by atoms with Crippen molar-refractivity contribution in [3.05, 3.63) is 42.6 Å². The average Bonchev–Trinajstić information content (AvgIpc) is 3.16. The van der Waals surface area contributed by atoms with E-state index in [2.05, 4.69) is 0 Å². The predicted molar refractivity (Wildman–Crippen MR) is 127 cm³/mol. The molecular formula is C23H34N3O7P. The summed E-state index contributed by atoms with van der Waals surface area (Å²) in [6.45, 7) is 5.37. The zero-order chi connectivity index (χ0) is 25.3. The second kappa shape index (κ2) is 12.8. The highest BCUT2D eigenvalue weighted by molar-refractivity contribution is 7.64. The van der Waals surface area contributed by atoms with E-state index in [1.54, 1.807) is 57.1 Å². The molecule has 2 amide bonds. The third-order valence-electron chi connectivity index (χ3n) is 5.21. The monoisotopic (exact) mass is 495 g/mol. The van der Waals surface area contributed by atoms with Crippen molar-refractivity contribution < 1.29 is 32.9 Å². The highest BCUT2D eigenvalue weighted by Crippen LogP contribution is 2.49. The molecule has 0 spiro atoms. The van der Waals surface area contributed by atoms with Crippen LogP contribution < -0.4 is 10.6 Å². The van der Waals surface area contributed by atoms with Gasteiger partial charge in [-0.25, -0.2) is 4.67 Å². The highest BCUT2D eigenvalue weighted by Gasteiger charge is 2.38. The number of hydrogen-bond donors (Lipinski definition) is 1. The summed E-state index contributed by atoms with van der Waals surface area (Å²) in [6, 6.07) is 8.74. The smallest absolute Gasteiger partial charge is 0.320 e. The summed E-state index contributed by atoms with van der Waals surface area (Å²) < 4.78 is 32.6. The Hall–Kier alpha value is -2.52. The lowest BCUT2D eigenvalue weighted by Crippen LogP contribution is -2.33. The van der Waals surface area contributed by atoms with Crippen LogP contribution in [0, 0.1) is 5.92 Å². The summed E-state index contributed by atoms with van der Waals surface area (Å²) in [5, 5.41) is 2.51. The first kappa shape index (κ1) is 27.7. The van der Waals surface area contributed by atoms with Gasteiger partial charge in [-0.2, -0.15) is 0 Å². The van der Waals surface area contributed by atoms with Crippen LogP contribution >= 0.6 is 7.52 Å². The Labute approximate surface area is 200 Å². The van der Waals surface area contributed by atoms with Gasteiger partial charge in [0.15, 0.2) is 0 Å². The van der Waals surface area contributed by atoms with Crippen molar-refractivity contribution in [2.75, 3.05) is 27.2 Å². The van der Waals surface area contributed by atoms with Crippen molar-refractivity contribution in [2.45, 2.75) is 45.6 Å². The topological polar surface area (TPSA) is 114 Å². The number of likely N-dealkylation sites (N-methyl/N-ethyl adjacent to an activating group) is 1. The first-order valence-corrected chi connectivity index (χ1v) is 12.7. The molecule has 10 nitrogen and oxygen atoms in total. The van der Waals surface area contributed by atoms with E-state index in [0.29, 0.717) is 18.1 Å². The largest absolute Gasteiger partial charge is 0.462 e. The molecule has 0 aromatic heterocycles. The maximum Gasteiger partial charge on any atom is 0.320 e. The number of imide groups is 1. The maximum absolute atomic E-state index is 14.0. The van der Waals surface area contributed by atoms with Gasteiger partial charge in [0.25, 0.3) is 5.91 Å². The maximum atomic E-state index is 14.0. The van der Waals surface area contributed by atoms with E-state index in [-0.39, 0.29) is 37.5 Å². The van der Waals surface area contributed by atoms with E-state index in [4.69, 9.17) is 14.0 Å². The van der Waals surface area contributed by atoms with Crippen molar-refractivity contribution in [1.29, 1.82) is 0 Å². The minimum absolute atomic E-state index is 0.0553. The van der Waals surface area contributed by atoms with Crippen molar-refractivity contribution in [3.63, 3.8) is 0 Å². The summed E-state index contributed by atoms with van der Waals surface area (Å²) in [4.78, 5) is 35.7. The Balaban J connectivity index is 2.07. The van der Waals surface area contributed by atoms with Gasteiger partial charge >= 0.3 is 13.5 Å². The van der Waals surface area contributed by atoms with Crippen LogP contribution in [-0.4, -0.2) is 73.5 Å². The van der Waals surface area contributed by atoms with Crippen LogP contribution in [0.4, 0.5) is 0 Å². The number of nitrogens with one attached hydrogen (secondary N) is 1. The van der Waals surface area contributed by atoms with Gasteiger partial charge in [0.1, 0.15) is 12.8 Å². The van der Waals surface area contributed by atoms with Gasteiger partial charge in [-0.05, 0) is 39.4 Å². The number of rotatable bonds is 12. The molecule has 188 valence electrons. The third kappa shape index (κ3) is 7.77. The SMILES string of the molecule is CC(C)OC(=O)CN(C)[P@](=O)(OCC1CC(C)C(N(C)/C=C\C(=O)NC=O)O1)c1ccccc1. The number of ether oxygens (including phenoxy) is 2. The van der Waals surface area contributed by atoms with Gasteiger partial charge in [-0.1, -0.05) is 25.1 Å². The molecule has 1 heterocycles. The zero-order valence-corrected chi connectivity index (χ0v) is 21.1. The summed E-state index contributed by atoms with van der Waals surface area (Å²) in [5.41, 5.74) is 0. The number of carbonyl (C=O) groups is 3. The fourth-order valence-electron chi connectivity index (χ4n) is 3.65. The zero-order valence-electron chi connectivity index (χ0n) is 20.2. The first-order chi connectivity index (χ1) is 16.1. The normalized spacial score (nSPS) is 22.0. The van der Waals surface area contributed by atoms with Crippen molar-refractivity contribution >= 4 is 31.1 Å². The second-order valence-corrected chi connectivity index (χ2v) is 11.0. The van der Waals surface area contributed by atoms with Gasteiger partial charge in [0, 0.05) is 25.2 Å². The summed E-state index contributed by atoms with van der Waals surface area (Å²) in [6.07, 6.45) is 2.79. The second-order valence-electron chi connectivity index (χ2n) is 8.48. The fraction of sp³-hybridized carbons (Fsp3) is 0.522. The Kier molecular flexibility index (Phi) is 10.4. The van der Waals surface area contributed by atoms with Crippen LogP contribution in [0.1, 0.15) is 27.2 Å². The molecule has 34 heavy (non-hydrogen) atoms. The quantitative estimate of drug-likeness (QED) is 0.201. The van der Waals surface area contributed by atoms with E-state index in [1.165, 1.54) is 16.9 Å². The molecule has 11 heteroatoms. The van der Waals surface area contributed by atoms with E-state index in [9.17, 15) is 18.9 Å². The number of carbonyl (C=O) groups excluding carboxylic acids is 3. The van der Waals surface area contributed by atoms with Crippen LogP contribution in [0.3, 0.4) is 0 Å². The van der Waals surface area contributed by atoms with Gasteiger partial charge in [-0.15, -0.1) is 0 Å². The summed E-state index contributed by atoms with van der Waals surface area (Å²) >= 11 is 0. The highest BCUT2D eigenvalue weighted by atomic mass is 31.2. The molecule has 1 N–H and O–H groups in total. The van der Waals surface area contributed by atoms with Crippen molar-refractivity contribution in [3.8, 4) is 0 Å². The van der Waals surface area contributed by atoms with E-state index < -0.39 is 19.4 Å². The van der Waals surface area contributed by atoms with Crippen molar-refractivity contribution in [2.24, 2.45) is 5.92 Å². The van der Waals surface area contributed by atoms with Gasteiger partial charge in [0.05, 0.1) is 24.1 Å². The Morgan fingerprint density at radius 2 is 1.94 bits per heavy atom. The van der Waals surface area contributed by atoms with Crippen LogP contribution in [0.5, 0.6) is 0 Å². The molecule has 1 aromatic rings. The Morgan fingerprint density at radius 3 is 2.56 bits per heavy atom. The molecule has 1 fully saturated rings. The van der Waals surface area contributed by atoms with Crippen LogP contribution in [0.15, 0.2) is 42.6 Å². The predicted octanol–water partition coefficient (Wildman–Crippen LogP) is 1.87. The van der Waals surface area contributed by atoms with Gasteiger partial charge in [-0.3, -0.25) is 24.3 Å². The van der Waals surface area contributed by atoms with Crippen LogP contribution in [0.25, 0.3) is 0 Å². The number of benzene rings is 1. The molecule has 0 radical (unpaired) electrons. The van der Waals surface area contributed by atoms with Crippen LogP contribution in [0.2, 0.25) is 0 Å². The van der Waals surface area contributed by atoms with Gasteiger partial charge in [0.2, 0.25) is 6.41 Å². The molecule has 1 aliphatic rings. The molecule has 1 aliphatic heterocycles. The summed E-state index contributed by atoms with van der Waals surface area (Å²) in [5.74, 6) is -0.919. The lowest BCUT2D eigenvalue weighted by Gasteiger charge is -2.29.